The largest absolute Gasteiger partial charge is 0.611 e. The molecule has 2 aromatic carbocycles. The van der Waals surface area contributed by atoms with Crippen LogP contribution in [-0.2, 0) is 22.5 Å². The molecule has 10 heteroatoms. The molecular formula is C19H18ClFN2O4S2. The van der Waals surface area contributed by atoms with Crippen molar-refractivity contribution < 1.29 is 23.7 Å². The Morgan fingerprint density at radius 2 is 2.07 bits per heavy atom. The lowest BCUT2D eigenvalue weighted by Gasteiger charge is -2.27. The average molecular weight is 457 g/mol. The van der Waals surface area contributed by atoms with E-state index in [4.69, 9.17) is 16.9 Å². The van der Waals surface area contributed by atoms with Crippen molar-refractivity contribution in [2.75, 3.05) is 19.7 Å². The van der Waals surface area contributed by atoms with Gasteiger partial charge in [-0.3, -0.25) is 0 Å². The van der Waals surface area contributed by atoms with Gasteiger partial charge in [-0.25, -0.2) is 4.39 Å². The van der Waals surface area contributed by atoms with Crippen LogP contribution >= 0.6 is 11.6 Å². The number of halogens is 2. The number of hydrogen-bond acceptors (Lipinski definition) is 6. The maximum atomic E-state index is 13.9. The van der Waals surface area contributed by atoms with Crippen molar-refractivity contribution in [1.82, 2.24) is 4.31 Å². The van der Waals surface area contributed by atoms with Crippen LogP contribution in [0.2, 0.25) is 5.02 Å². The van der Waals surface area contributed by atoms with Gasteiger partial charge < -0.3 is 19.3 Å². The SMILES string of the molecule is Cc1ccc([S+]([O-])N2C[C@H]([S+]([O-])c3ccc(C#N)c(F)c3)[C@@](O)(CO)C2)c(Cl)c1. The van der Waals surface area contributed by atoms with Crippen molar-refractivity contribution >= 4 is 34.1 Å². The average Bonchev–Trinajstić information content (AvgIpc) is 3.05. The summed E-state index contributed by atoms with van der Waals surface area (Å²) in [6, 6.07) is 10.2. The molecule has 2 aromatic rings. The van der Waals surface area contributed by atoms with Gasteiger partial charge in [0.05, 0.1) is 41.6 Å². The van der Waals surface area contributed by atoms with E-state index in [1.54, 1.807) is 24.3 Å². The molecule has 2 unspecified atom stereocenters. The van der Waals surface area contributed by atoms with Gasteiger partial charge in [-0.05, 0) is 47.9 Å². The molecule has 0 aliphatic carbocycles. The Kier molecular flexibility index (Phi) is 6.77. The van der Waals surface area contributed by atoms with Gasteiger partial charge in [0.15, 0.2) is 20.6 Å². The molecule has 6 nitrogen and oxygen atoms in total. The quantitative estimate of drug-likeness (QED) is 0.664. The molecule has 4 atom stereocenters. The van der Waals surface area contributed by atoms with Crippen molar-refractivity contribution in [3.63, 3.8) is 0 Å². The Morgan fingerprint density at radius 1 is 1.34 bits per heavy atom. The third-order valence-corrected chi connectivity index (χ3v) is 8.48. The molecule has 0 bridgehead atoms. The molecule has 1 fully saturated rings. The molecule has 0 amide bonds. The Balaban J connectivity index is 1.87. The van der Waals surface area contributed by atoms with Crippen LogP contribution in [0.5, 0.6) is 0 Å². The van der Waals surface area contributed by atoms with Crippen molar-refractivity contribution in [3.05, 3.63) is 58.4 Å². The van der Waals surface area contributed by atoms with Gasteiger partial charge in [-0.1, -0.05) is 17.7 Å². The number of aryl methyl sites for hydroxylation is 1. The van der Waals surface area contributed by atoms with Crippen LogP contribution in [0, 0.1) is 24.1 Å². The summed E-state index contributed by atoms with van der Waals surface area (Å²) in [6.45, 7) is 0.865. The van der Waals surface area contributed by atoms with Crippen molar-refractivity contribution in [1.29, 1.82) is 5.26 Å². The topological polar surface area (TPSA) is 114 Å². The minimum atomic E-state index is -1.92. The lowest BCUT2D eigenvalue weighted by atomic mass is 10.1. The van der Waals surface area contributed by atoms with E-state index in [2.05, 4.69) is 0 Å². The van der Waals surface area contributed by atoms with E-state index < -0.39 is 45.8 Å². The third-order valence-electron chi connectivity index (χ3n) is 4.75. The number of aliphatic hydroxyl groups is 2. The first kappa shape index (κ1) is 22.3. The summed E-state index contributed by atoms with van der Waals surface area (Å²) in [6.07, 6.45) is 0. The van der Waals surface area contributed by atoms with Gasteiger partial charge in [0, 0.05) is 6.07 Å². The van der Waals surface area contributed by atoms with E-state index >= 15 is 0 Å². The number of nitriles is 1. The lowest BCUT2D eigenvalue weighted by Crippen LogP contribution is -2.49. The summed E-state index contributed by atoms with van der Waals surface area (Å²) in [5.74, 6) is -0.823. The fourth-order valence-electron chi connectivity index (χ4n) is 3.13. The van der Waals surface area contributed by atoms with Crippen LogP contribution in [0.1, 0.15) is 11.1 Å². The molecule has 1 aliphatic rings. The molecule has 0 radical (unpaired) electrons. The lowest BCUT2D eigenvalue weighted by molar-refractivity contribution is 0.00159. The van der Waals surface area contributed by atoms with Gasteiger partial charge >= 0.3 is 0 Å². The second kappa shape index (κ2) is 8.79. The monoisotopic (exact) mass is 456 g/mol. The highest BCUT2D eigenvalue weighted by Crippen LogP contribution is 2.36. The normalized spacial score (nSPS) is 24.3. The highest BCUT2D eigenvalue weighted by atomic mass is 35.5. The summed E-state index contributed by atoms with van der Waals surface area (Å²) >= 11 is 2.52. The maximum Gasteiger partial charge on any atom is 0.192 e. The van der Waals surface area contributed by atoms with E-state index in [0.717, 1.165) is 11.6 Å². The van der Waals surface area contributed by atoms with Crippen LogP contribution in [0.25, 0.3) is 0 Å². The Bertz CT molecular complexity index is 960. The second-order valence-electron chi connectivity index (χ2n) is 6.81. The van der Waals surface area contributed by atoms with E-state index in [0.29, 0.717) is 9.92 Å². The summed E-state index contributed by atoms with van der Waals surface area (Å²) in [5.41, 5.74) is -1.10. The molecular weight excluding hydrogens is 439 g/mol. The van der Waals surface area contributed by atoms with Crippen LogP contribution < -0.4 is 0 Å². The number of hydrogen-bond donors (Lipinski definition) is 2. The van der Waals surface area contributed by atoms with Gasteiger partial charge in [-0.15, -0.1) is 4.31 Å². The third kappa shape index (κ3) is 4.40. The summed E-state index contributed by atoms with van der Waals surface area (Å²) < 4.78 is 41.3. The zero-order valence-electron chi connectivity index (χ0n) is 15.3. The molecule has 0 aromatic heterocycles. The first-order chi connectivity index (χ1) is 13.7. The molecule has 1 heterocycles. The molecule has 3 rings (SSSR count). The fraction of sp³-hybridized carbons (Fsp3) is 0.316. The van der Waals surface area contributed by atoms with E-state index in [9.17, 15) is 23.7 Å². The van der Waals surface area contributed by atoms with Gasteiger partial charge in [0.2, 0.25) is 0 Å². The molecule has 1 saturated heterocycles. The Labute approximate surface area is 179 Å². The minimum absolute atomic E-state index is 0.0674. The molecule has 0 spiro atoms. The zero-order chi connectivity index (χ0) is 21.3. The predicted octanol–water partition coefficient (Wildman–Crippen LogP) is 1.90. The van der Waals surface area contributed by atoms with Gasteiger partial charge in [0.25, 0.3) is 0 Å². The van der Waals surface area contributed by atoms with Crippen molar-refractivity contribution in [3.8, 4) is 6.07 Å². The highest BCUT2D eigenvalue weighted by molar-refractivity contribution is 7.92. The summed E-state index contributed by atoms with van der Waals surface area (Å²) in [4.78, 5) is 0.410. The standard InChI is InChI=1S/C19H18ClFN2O4S2/c1-12-2-5-17(15(20)6-12)29(27)23-9-18(19(25,10-23)11-24)28(26)14-4-3-13(8-22)16(21)7-14/h2-7,18,24-25H,9-11H2,1H3/t18-,19-,28?,29?/m0/s1. The summed E-state index contributed by atoms with van der Waals surface area (Å²) in [5, 5.41) is 28.7. The number of benzene rings is 2. The summed E-state index contributed by atoms with van der Waals surface area (Å²) in [7, 11) is 0. The Hall–Kier alpha value is -1.35. The minimum Gasteiger partial charge on any atom is -0.611 e. The van der Waals surface area contributed by atoms with Crippen LogP contribution in [0.3, 0.4) is 0 Å². The first-order valence-corrected chi connectivity index (χ1v) is 11.3. The van der Waals surface area contributed by atoms with Crippen LogP contribution in [0.15, 0.2) is 46.2 Å². The fourth-order valence-corrected chi connectivity index (χ4v) is 6.59. The maximum absolute atomic E-state index is 13.9. The number of β-amino-alcohol motifs (C(OH)–C–C–N with tert-alkyl or cyclic N) is 1. The number of rotatable bonds is 5. The number of nitrogens with zero attached hydrogens (tertiary/aromatic N) is 2. The smallest absolute Gasteiger partial charge is 0.192 e. The van der Waals surface area contributed by atoms with E-state index in [-0.39, 0.29) is 23.5 Å². The highest BCUT2D eigenvalue weighted by Gasteiger charge is 2.56. The molecule has 2 N–H and O–H groups in total. The first-order valence-electron chi connectivity index (χ1n) is 8.56. The zero-order valence-corrected chi connectivity index (χ0v) is 17.7. The molecule has 154 valence electrons. The number of aliphatic hydroxyl groups excluding tert-OH is 1. The molecule has 29 heavy (non-hydrogen) atoms. The van der Waals surface area contributed by atoms with E-state index in [1.807, 2.05) is 6.92 Å². The van der Waals surface area contributed by atoms with Crippen molar-refractivity contribution in [2.45, 2.75) is 27.6 Å². The molecule has 0 saturated carbocycles. The van der Waals surface area contributed by atoms with Crippen molar-refractivity contribution in [2.24, 2.45) is 0 Å². The molecule has 1 aliphatic heterocycles. The Morgan fingerprint density at radius 3 is 2.66 bits per heavy atom. The van der Waals surface area contributed by atoms with Gasteiger partial charge in [0.1, 0.15) is 11.9 Å². The predicted molar refractivity (Wildman–Crippen MR) is 108 cm³/mol. The van der Waals surface area contributed by atoms with Gasteiger partial charge in [-0.2, -0.15) is 5.26 Å². The van der Waals surface area contributed by atoms with Crippen LogP contribution in [-0.4, -0.2) is 54.2 Å². The second-order valence-corrected chi connectivity index (χ2v) is 10.3. The van der Waals surface area contributed by atoms with Crippen LogP contribution in [0.4, 0.5) is 4.39 Å². The van der Waals surface area contributed by atoms with E-state index in [1.165, 1.54) is 16.4 Å².